The molecule has 34 heavy (non-hydrogen) atoms. The number of pyridine rings is 1. The number of fused-ring (bicyclic) bond motifs is 1. The lowest BCUT2D eigenvalue weighted by molar-refractivity contribution is -0.125. The van der Waals surface area contributed by atoms with E-state index in [1.807, 2.05) is 0 Å². The van der Waals surface area contributed by atoms with E-state index < -0.39 is 0 Å². The molecule has 2 N–H and O–H groups in total. The van der Waals surface area contributed by atoms with Gasteiger partial charge in [0.2, 0.25) is 17.7 Å². The van der Waals surface area contributed by atoms with Crippen LogP contribution in [0, 0.1) is 0 Å². The van der Waals surface area contributed by atoms with Crippen molar-refractivity contribution in [3.8, 4) is 11.5 Å². The Morgan fingerprint density at radius 1 is 1.00 bits per heavy atom. The summed E-state index contributed by atoms with van der Waals surface area (Å²) in [7, 11) is 0. The monoisotopic (exact) mass is 468 g/mol. The van der Waals surface area contributed by atoms with Gasteiger partial charge in [-0.05, 0) is 37.1 Å². The van der Waals surface area contributed by atoms with E-state index in [4.69, 9.17) is 14.2 Å². The summed E-state index contributed by atoms with van der Waals surface area (Å²) in [5.41, 5.74) is 0.492. The molecule has 0 spiro atoms. The van der Waals surface area contributed by atoms with Crippen molar-refractivity contribution in [1.29, 1.82) is 0 Å². The van der Waals surface area contributed by atoms with Crippen LogP contribution in [0.4, 0.5) is 11.5 Å². The molecule has 0 bridgehead atoms. The van der Waals surface area contributed by atoms with Crippen LogP contribution in [0.15, 0.2) is 42.6 Å². The number of benzene rings is 1. The van der Waals surface area contributed by atoms with E-state index in [-0.39, 0.29) is 43.2 Å². The summed E-state index contributed by atoms with van der Waals surface area (Å²) in [5.74, 6) is 0.500. The molecule has 1 fully saturated rings. The molecule has 180 valence electrons. The fraction of sp³-hybridized carbons (Fsp3) is 0.417. The molecular formula is C24H28N4O6. The van der Waals surface area contributed by atoms with Crippen molar-refractivity contribution in [1.82, 2.24) is 10.3 Å². The van der Waals surface area contributed by atoms with Crippen LogP contribution in [-0.4, -0.2) is 61.7 Å². The highest BCUT2D eigenvalue weighted by Crippen LogP contribution is 2.34. The van der Waals surface area contributed by atoms with Gasteiger partial charge in [-0.3, -0.25) is 14.4 Å². The molecule has 10 nitrogen and oxygen atoms in total. The van der Waals surface area contributed by atoms with Gasteiger partial charge >= 0.3 is 0 Å². The highest BCUT2D eigenvalue weighted by molar-refractivity contribution is 6.01. The largest absolute Gasteiger partial charge is 0.486 e. The molecule has 1 saturated heterocycles. The second kappa shape index (κ2) is 11.5. The van der Waals surface area contributed by atoms with E-state index in [2.05, 4.69) is 15.6 Å². The molecule has 0 aliphatic carbocycles. The predicted octanol–water partition coefficient (Wildman–Crippen LogP) is 1.90. The fourth-order valence-electron chi connectivity index (χ4n) is 3.75. The van der Waals surface area contributed by atoms with Gasteiger partial charge in [-0.2, -0.15) is 0 Å². The molecule has 4 rings (SSSR count). The first kappa shape index (κ1) is 23.5. The summed E-state index contributed by atoms with van der Waals surface area (Å²) >= 11 is 0. The van der Waals surface area contributed by atoms with Crippen molar-refractivity contribution in [3.05, 3.63) is 42.6 Å². The minimum atomic E-state index is -0.361. The van der Waals surface area contributed by atoms with Crippen molar-refractivity contribution in [2.24, 2.45) is 0 Å². The molecule has 3 heterocycles. The Morgan fingerprint density at radius 3 is 2.62 bits per heavy atom. The van der Waals surface area contributed by atoms with Gasteiger partial charge in [0.1, 0.15) is 25.6 Å². The summed E-state index contributed by atoms with van der Waals surface area (Å²) in [6, 6.07) is 10.3. The Labute approximate surface area is 197 Å². The smallest absolute Gasteiger partial charge is 0.240 e. The van der Waals surface area contributed by atoms with E-state index in [1.54, 1.807) is 42.6 Å². The maximum absolute atomic E-state index is 13.1. The van der Waals surface area contributed by atoms with Crippen LogP contribution >= 0.6 is 0 Å². The Bertz CT molecular complexity index is 1010. The number of aromatic nitrogens is 1. The van der Waals surface area contributed by atoms with Crippen molar-refractivity contribution in [3.63, 3.8) is 0 Å². The van der Waals surface area contributed by atoms with Crippen LogP contribution in [0.25, 0.3) is 0 Å². The lowest BCUT2D eigenvalue weighted by Crippen LogP contribution is -2.43. The third-order valence-corrected chi connectivity index (χ3v) is 5.49. The zero-order valence-corrected chi connectivity index (χ0v) is 18.8. The van der Waals surface area contributed by atoms with Crippen LogP contribution < -0.4 is 25.0 Å². The SMILES string of the molecule is O=C(CN(C(=O)CCC(=O)Nc1ccccn1)c1ccc2c(c1)OCCO2)NCC1CCCO1. The van der Waals surface area contributed by atoms with E-state index >= 15 is 0 Å². The number of rotatable bonds is 9. The molecular weight excluding hydrogens is 440 g/mol. The fourth-order valence-corrected chi connectivity index (χ4v) is 3.75. The standard InChI is InChI=1S/C24H28N4O6/c29-22(27-21-5-1-2-10-25-21)8-9-24(31)28(16-23(30)26-15-18-4-3-11-32-18)17-6-7-19-20(14-17)34-13-12-33-19/h1-2,5-7,10,14,18H,3-4,8-9,11-13,15-16H2,(H,26,30)(H,25,27,29). The first-order valence-corrected chi connectivity index (χ1v) is 11.4. The highest BCUT2D eigenvalue weighted by Gasteiger charge is 2.24. The summed E-state index contributed by atoms with van der Waals surface area (Å²) in [5, 5.41) is 5.50. The van der Waals surface area contributed by atoms with Crippen molar-refractivity contribution < 1.29 is 28.6 Å². The van der Waals surface area contributed by atoms with Gasteiger partial charge in [0.05, 0.1) is 6.10 Å². The summed E-state index contributed by atoms with van der Waals surface area (Å²) in [4.78, 5) is 43.5. The van der Waals surface area contributed by atoms with Crippen molar-refractivity contribution in [2.45, 2.75) is 31.8 Å². The Balaban J connectivity index is 1.41. The van der Waals surface area contributed by atoms with Gasteiger partial charge in [0.25, 0.3) is 0 Å². The average Bonchev–Trinajstić information content (AvgIpc) is 3.39. The van der Waals surface area contributed by atoms with Crippen molar-refractivity contribution >= 4 is 29.2 Å². The van der Waals surface area contributed by atoms with E-state index in [0.29, 0.717) is 49.4 Å². The zero-order chi connectivity index (χ0) is 23.8. The molecule has 2 aliphatic heterocycles. The molecule has 1 unspecified atom stereocenters. The normalized spacial score (nSPS) is 16.5. The average molecular weight is 469 g/mol. The Kier molecular flexibility index (Phi) is 7.92. The Hall–Kier alpha value is -3.66. The highest BCUT2D eigenvalue weighted by atomic mass is 16.6. The quantitative estimate of drug-likeness (QED) is 0.577. The van der Waals surface area contributed by atoms with Gasteiger partial charge in [0, 0.05) is 43.9 Å². The molecule has 2 aliphatic rings. The van der Waals surface area contributed by atoms with Gasteiger partial charge in [0.15, 0.2) is 11.5 Å². The molecule has 0 radical (unpaired) electrons. The third-order valence-electron chi connectivity index (χ3n) is 5.49. The molecule has 0 saturated carbocycles. The minimum Gasteiger partial charge on any atom is -0.486 e. The molecule has 2 aromatic rings. The van der Waals surface area contributed by atoms with Gasteiger partial charge < -0.3 is 29.7 Å². The van der Waals surface area contributed by atoms with E-state index in [9.17, 15) is 14.4 Å². The minimum absolute atomic E-state index is 0.00214. The third kappa shape index (κ3) is 6.44. The number of carbonyl (C=O) groups is 3. The van der Waals surface area contributed by atoms with Gasteiger partial charge in [-0.1, -0.05) is 6.07 Å². The first-order valence-electron chi connectivity index (χ1n) is 11.4. The number of carbonyl (C=O) groups excluding carboxylic acids is 3. The second-order valence-electron chi connectivity index (χ2n) is 8.01. The Morgan fingerprint density at radius 2 is 1.85 bits per heavy atom. The number of ether oxygens (including phenoxy) is 3. The van der Waals surface area contributed by atoms with E-state index in [1.165, 1.54) is 4.90 Å². The summed E-state index contributed by atoms with van der Waals surface area (Å²) in [6.45, 7) is 1.76. The predicted molar refractivity (Wildman–Crippen MR) is 124 cm³/mol. The van der Waals surface area contributed by atoms with Crippen LogP contribution in [0.5, 0.6) is 11.5 Å². The summed E-state index contributed by atoms with van der Waals surface area (Å²) < 4.78 is 16.7. The number of nitrogens with zero attached hydrogens (tertiary/aromatic N) is 2. The van der Waals surface area contributed by atoms with Gasteiger partial charge in [-0.15, -0.1) is 0 Å². The second-order valence-corrected chi connectivity index (χ2v) is 8.01. The number of hydrogen-bond donors (Lipinski definition) is 2. The van der Waals surface area contributed by atoms with Crippen molar-refractivity contribution in [2.75, 3.05) is 43.1 Å². The number of anilines is 2. The lowest BCUT2D eigenvalue weighted by atomic mass is 10.2. The number of nitrogens with one attached hydrogen (secondary N) is 2. The molecule has 1 aromatic carbocycles. The maximum atomic E-state index is 13.1. The van der Waals surface area contributed by atoms with Crippen LogP contribution in [-0.2, 0) is 19.1 Å². The zero-order valence-electron chi connectivity index (χ0n) is 18.8. The number of amides is 3. The van der Waals surface area contributed by atoms with Crippen LogP contribution in [0.3, 0.4) is 0 Å². The van der Waals surface area contributed by atoms with E-state index in [0.717, 1.165) is 12.8 Å². The molecule has 3 amide bonds. The molecule has 1 atom stereocenters. The topological polar surface area (TPSA) is 119 Å². The van der Waals surface area contributed by atoms with Gasteiger partial charge in [-0.25, -0.2) is 4.98 Å². The maximum Gasteiger partial charge on any atom is 0.240 e. The molecule has 1 aromatic heterocycles. The lowest BCUT2D eigenvalue weighted by Gasteiger charge is -2.25. The number of hydrogen-bond acceptors (Lipinski definition) is 7. The van der Waals surface area contributed by atoms with Crippen LogP contribution in [0.1, 0.15) is 25.7 Å². The summed E-state index contributed by atoms with van der Waals surface area (Å²) in [6.07, 6.45) is 3.32. The van der Waals surface area contributed by atoms with Crippen LogP contribution in [0.2, 0.25) is 0 Å². The molecule has 10 heteroatoms. The first-order chi connectivity index (χ1) is 16.6.